The van der Waals surface area contributed by atoms with Gasteiger partial charge in [0, 0.05) is 32.7 Å². The molecule has 1 aliphatic heterocycles. The zero-order valence-electron chi connectivity index (χ0n) is 10.7. The molecule has 110 valence electrons. The van der Waals surface area contributed by atoms with E-state index in [2.05, 4.69) is 0 Å². The number of halogens is 3. The van der Waals surface area contributed by atoms with E-state index in [1.54, 1.807) is 0 Å². The van der Waals surface area contributed by atoms with Crippen molar-refractivity contribution in [3.8, 4) is 0 Å². The molecule has 0 bridgehead atoms. The van der Waals surface area contributed by atoms with Crippen LogP contribution >= 0.6 is 0 Å². The number of nitrogens with zero attached hydrogens (tertiary/aromatic N) is 2. The molecular weight excluding hydrogens is 273 g/mol. The average Bonchev–Trinajstić information content (AvgIpc) is 2.39. The van der Waals surface area contributed by atoms with Crippen LogP contribution in [0.4, 0.5) is 18.0 Å². The van der Waals surface area contributed by atoms with Gasteiger partial charge in [-0.2, -0.15) is 13.2 Å². The molecule has 0 atom stereocenters. The van der Waals surface area contributed by atoms with E-state index in [9.17, 15) is 18.0 Å². The highest BCUT2D eigenvalue weighted by atomic mass is 19.4. The number of alkyl halides is 3. The maximum Gasteiger partial charge on any atom is 0.416 e. The molecule has 0 aliphatic carbocycles. The Labute approximate surface area is 114 Å². The normalized spacial score (nSPS) is 17.2. The van der Waals surface area contributed by atoms with Gasteiger partial charge in [0.15, 0.2) is 0 Å². The fraction of sp³-hybridized carbons (Fsp3) is 0.462. The SMILES string of the molecule is O=C(O)N1CCN(Cc2ccc(C(F)(F)F)cc2)CC1. The molecule has 0 saturated carbocycles. The second kappa shape index (κ2) is 5.70. The first-order chi connectivity index (χ1) is 9.36. The van der Waals surface area contributed by atoms with Crippen molar-refractivity contribution >= 4 is 6.09 Å². The van der Waals surface area contributed by atoms with Crippen LogP contribution in [0.1, 0.15) is 11.1 Å². The monoisotopic (exact) mass is 288 g/mol. The van der Waals surface area contributed by atoms with Gasteiger partial charge in [-0.25, -0.2) is 4.79 Å². The number of piperazine rings is 1. The van der Waals surface area contributed by atoms with Crippen LogP contribution in [0.3, 0.4) is 0 Å². The van der Waals surface area contributed by atoms with Crippen LogP contribution < -0.4 is 0 Å². The minimum Gasteiger partial charge on any atom is -0.465 e. The molecule has 1 fully saturated rings. The van der Waals surface area contributed by atoms with Crippen LogP contribution in [0.15, 0.2) is 24.3 Å². The van der Waals surface area contributed by atoms with Crippen molar-refractivity contribution in [2.45, 2.75) is 12.7 Å². The molecule has 1 aromatic carbocycles. The smallest absolute Gasteiger partial charge is 0.416 e. The lowest BCUT2D eigenvalue weighted by molar-refractivity contribution is -0.137. The van der Waals surface area contributed by atoms with E-state index in [0.29, 0.717) is 32.7 Å². The summed E-state index contributed by atoms with van der Waals surface area (Å²) in [7, 11) is 0. The van der Waals surface area contributed by atoms with Crippen LogP contribution in [0.2, 0.25) is 0 Å². The number of benzene rings is 1. The van der Waals surface area contributed by atoms with Crippen molar-refractivity contribution < 1.29 is 23.1 Å². The molecule has 1 heterocycles. The second-order valence-corrected chi connectivity index (χ2v) is 4.74. The van der Waals surface area contributed by atoms with Crippen molar-refractivity contribution in [3.63, 3.8) is 0 Å². The number of rotatable bonds is 2. The Hall–Kier alpha value is -1.76. The molecular formula is C13H15F3N2O2. The maximum absolute atomic E-state index is 12.4. The highest BCUT2D eigenvalue weighted by molar-refractivity contribution is 5.65. The Bertz CT molecular complexity index is 465. The van der Waals surface area contributed by atoms with Crippen molar-refractivity contribution in [3.05, 3.63) is 35.4 Å². The number of hydrogen-bond acceptors (Lipinski definition) is 2. The summed E-state index contributed by atoms with van der Waals surface area (Å²) >= 11 is 0. The lowest BCUT2D eigenvalue weighted by atomic mass is 10.1. The van der Waals surface area contributed by atoms with Gasteiger partial charge in [0.05, 0.1) is 5.56 Å². The Balaban J connectivity index is 1.90. The summed E-state index contributed by atoms with van der Waals surface area (Å²) in [4.78, 5) is 14.1. The van der Waals surface area contributed by atoms with Gasteiger partial charge in [0.1, 0.15) is 0 Å². The minimum absolute atomic E-state index is 0.427. The largest absolute Gasteiger partial charge is 0.465 e. The van der Waals surface area contributed by atoms with Gasteiger partial charge >= 0.3 is 12.3 Å². The lowest BCUT2D eigenvalue weighted by Gasteiger charge is -2.33. The van der Waals surface area contributed by atoms with E-state index in [4.69, 9.17) is 5.11 Å². The van der Waals surface area contributed by atoms with Crippen molar-refractivity contribution in [2.24, 2.45) is 0 Å². The summed E-state index contributed by atoms with van der Waals surface area (Å²) in [5.41, 5.74) is 0.138. The van der Waals surface area contributed by atoms with Crippen LogP contribution in [0, 0.1) is 0 Å². The molecule has 1 aliphatic rings. The van der Waals surface area contributed by atoms with E-state index in [-0.39, 0.29) is 0 Å². The zero-order valence-corrected chi connectivity index (χ0v) is 10.7. The number of carbonyl (C=O) groups is 1. The first-order valence-electron chi connectivity index (χ1n) is 6.22. The molecule has 0 aromatic heterocycles. The third-order valence-electron chi connectivity index (χ3n) is 3.33. The molecule has 2 rings (SSSR count). The Morgan fingerprint density at radius 1 is 1.10 bits per heavy atom. The van der Waals surface area contributed by atoms with E-state index in [1.807, 2.05) is 4.90 Å². The Morgan fingerprint density at radius 2 is 1.65 bits per heavy atom. The third-order valence-corrected chi connectivity index (χ3v) is 3.33. The summed E-state index contributed by atoms with van der Waals surface area (Å²) in [5, 5.41) is 8.82. The van der Waals surface area contributed by atoms with E-state index < -0.39 is 17.8 Å². The molecule has 1 amide bonds. The third kappa shape index (κ3) is 3.63. The van der Waals surface area contributed by atoms with Crippen LogP contribution in [0.25, 0.3) is 0 Å². The highest BCUT2D eigenvalue weighted by Gasteiger charge is 2.30. The molecule has 1 aromatic rings. The van der Waals surface area contributed by atoms with Gasteiger partial charge in [-0.05, 0) is 17.7 Å². The van der Waals surface area contributed by atoms with E-state index >= 15 is 0 Å². The lowest BCUT2D eigenvalue weighted by Crippen LogP contribution is -2.47. The number of amides is 1. The minimum atomic E-state index is -4.31. The first-order valence-corrected chi connectivity index (χ1v) is 6.22. The summed E-state index contributed by atoms with van der Waals surface area (Å²) in [6, 6.07) is 5.07. The quantitative estimate of drug-likeness (QED) is 0.909. The second-order valence-electron chi connectivity index (χ2n) is 4.74. The summed E-state index contributed by atoms with van der Waals surface area (Å²) < 4.78 is 37.3. The predicted molar refractivity (Wildman–Crippen MR) is 66.3 cm³/mol. The molecule has 0 radical (unpaired) electrons. The molecule has 7 heteroatoms. The van der Waals surface area contributed by atoms with Gasteiger partial charge in [0.2, 0.25) is 0 Å². The van der Waals surface area contributed by atoms with Gasteiger partial charge in [-0.15, -0.1) is 0 Å². The fourth-order valence-electron chi connectivity index (χ4n) is 2.15. The predicted octanol–water partition coefficient (Wildman–Crippen LogP) is 2.50. The van der Waals surface area contributed by atoms with Gasteiger partial charge in [-0.1, -0.05) is 12.1 Å². The average molecular weight is 288 g/mol. The summed E-state index contributed by atoms with van der Waals surface area (Å²) in [5.74, 6) is 0. The van der Waals surface area contributed by atoms with Crippen LogP contribution in [-0.4, -0.2) is 47.2 Å². The standard InChI is InChI=1S/C13H15F3N2O2/c14-13(15,16)11-3-1-10(2-4-11)9-17-5-7-18(8-6-17)12(19)20/h1-4H,5-9H2,(H,19,20). The molecule has 1 N–H and O–H groups in total. The van der Waals surface area contributed by atoms with E-state index in [1.165, 1.54) is 17.0 Å². The molecule has 20 heavy (non-hydrogen) atoms. The Morgan fingerprint density at radius 3 is 2.10 bits per heavy atom. The van der Waals surface area contributed by atoms with Gasteiger partial charge in [0.25, 0.3) is 0 Å². The van der Waals surface area contributed by atoms with Gasteiger partial charge in [-0.3, -0.25) is 4.90 Å². The first kappa shape index (κ1) is 14.6. The molecule has 1 saturated heterocycles. The topological polar surface area (TPSA) is 43.8 Å². The van der Waals surface area contributed by atoms with Crippen molar-refractivity contribution in [1.82, 2.24) is 9.80 Å². The zero-order chi connectivity index (χ0) is 14.8. The van der Waals surface area contributed by atoms with Crippen LogP contribution in [0.5, 0.6) is 0 Å². The van der Waals surface area contributed by atoms with Crippen LogP contribution in [-0.2, 0) is 12.7 Å². The van der Waals surface area contributed by atoms with Crippen molar-refractivity contribution in [1.29, 1.82) is 0 Å². The maximum atomic E-state index is 12.4. The van der Waals surface area contributed by atoms with Gasteiger partial charge < -0.3 is 10.0 Å². The molecule has 0 unspecified atom stereocenters. The molecule has 0 spiro atoms. The highest BCUT2D eigenvalue weighted by Crippen LogP contribution is 2.29. The fourth-order valence-corrected chi connectivity index (χ4v) is 2.15. The summed E-state index contributed by atoms with van der Waals surface area (Å²) in [6.07, 6.45) is -5.25. The Kier molecular flexibility index (Phi) is 4.17. The number of hydrogen-bond donors (Lipinski definition) is 1. The molecule has 4 nitrogen and oxygen atoms in total. The van der Waals surface area contributed by atoms with Crippen molar-refractivity contribution in [2.75, 3.05) is 26.2 Å². The van der Waals surface area contributed by atoms with E-state index in [0.717, 1.165) is 17.7 Å². The number of carboxylic acid groups (broad SMARTS) is 1. The summed E-state index contributed by atoms with van der Waals surface area (Å²) in [6.45, 7) is 2.57.